The summed E-state index contributed by atoms with van der Waals surface area (Å²) in [6, 6.07) is 19.4. The summed E-state index contributed by atoms with van der Waals surface area (Å²) in [7, 11) is 0. The smallest absolute Gasteiger partial charge is 0.244 e. The van der Waals surface area contributed by atoms with Gasteiger partial charge in [0, 0.05) is 10.4 Å². The highest BCUT2D eigenvalue weighted by Gasteiger charge is 2.18. The number of halogens is 1. The highest BCUT2D eigenvalue weighted by molar-refractivity contribution is 7.10. The van der Waals surface area contributed by atoms with Crippen molar-refractivity contribution in [1.82, 2.24) is 25.5 Å². The van der Waals surface area contributed by atoms with Crippen molar-refractivity contribution < 1.29 is 9.18 Å². The predicted molar refractivity (Wildman–Crippen MR) is 104 cm³/mol. The van der Waals surface area contributed by atoms with Gasteiger partial charge >= 0.3 is 0 Å². The van der Waals surface area contributed by atoms with E-state index in [1.807, 2.05) is 47.8 Å². The second-order valence-corrected chi connectivity index (χ2v) is 7.06. The van der Waals surface area contributed by atoms with Gasteiger partial charge in [0.1, 0.15) is 12.4 Å². The number of thiophene rings is 1. The molecule has 4 rings (SSSR count). The fourth-order valence-corrected chi connectivity index (χ4v) is 3.61. The Labute approximate surface area is 164 Å². The van der Waals surface area contributed by atoms with Crippen molar-refractivity contribution in [3.63, 3.8) is 0 Å². The molecule has 0 spiro atoms. The summed E-state index contributed by atoms with van der Waals surface area (Å²) in [5, 5.41) is 17.0. The fourth-order valence-electron chi connectivity index (χ4n) is 2.81. The molecule has 1 N–H and O–H groups in total. The van der Waals surface area contributed by atoms with E-state index in [4.69, 9.17) is 0 Å². The van der Waals surface area contributed by atoms with Crippen LogP contribution in [0.15, 0.2) is 72.1 Å². The third-order valence-electron chi connectivity index (χ3n) is 4.09. The molecule has 2 aromatic carbocycles. The Morgan fingerprint density at radius 2 is 1.96 bits per heavy atom. The molecule has 0 aliphatic carbocycles. The topological polar surface area (TPSA) is 72.7 Å². The first-order valence-corrected chi connectivity index (χ1v) is 9.48. The van der Waals surface area contributed by atoms with E-state index >= 15 is 0 Å². The van der Waals surface area contributed by atoms with E-state index in [2.05, 4.69) is 20.7 Å². The third-order valence-corrected chi connectivity index (χ3v) is 5.02. The summed E-state index contributed by atoms with van der Waals surface area (Å²) in [6.45, 7) is -0.0863. The van der Waals surface area contributed by atoms with Gasteiger partial charge in [0.2, 0.25) is 11.7 Å². The summed E-state index contributed by atoms with van der Waals surface area (Å²) >= 11 is 1.58. The van der Waals surface area contributed by atoms with E-state index in [9.17, 15) is 9.18 Å². The lowest BCUT2D eigenvalue weighted by Gasteiger charge is -2.17. The molecule has 0 bridgehead atoms. The van der Waals surface area contributed by atoms with Gasteiger partial charge in [0.15, 0.2) is 0 Å². The number of aromatic nitrogens is 4. The normalized spacial score (nSPS) is 11.9. The van der Waals surface area contributed by atoms with E-state index < -0.39 is 0 Å². The standard InChI is InChI=1S/C20H16FN5OS/c21-16-9-4-8-15(12-16)20-23-25-26(24-20)13-18(27)22-19(17-10-5-11-28-17)14-6-2-1-3-7-14/h1-12,19H,13H2,(H,22,27). The molecular formula is C20H16FN5OS. The molecule has 0 aliphatic rings. The monoisotopic (exact) mass is 393 g/mol. The van der Waals surface area contributed by atoms with Crippen LogP contribution in [0, 0.1) is 5.82 Å². The molecule has 1 atom stereocenters. The molecule has 0 aliphatic heterocycles. The lowest BCUT2D eigenvalue weighted by molar-refractivity contribution is -0.122. The predicted octanol–water partition coefficient (Wildman–Crippen LogP) is 3.45. The molecule has 1 amide bonds. The number of nitrogens with zero attached hydrogens (tertiary/aromatic N) is 4. The average Bonchev–Trinajstić information content (AvgIpc) is 3.39. The van der Waals surface area contributed by atoms with Crippen molar-refractivity contribution in [3.05, 3.63) is 88.4 Å². The van der Waals surface area contributed by atoms with E-state index in [0.29, 0.717) is 5.56 Å². The molecule has 0 saturated carbocycles. The first-order chi connectivity index (χ1) is 13.7. The van der Waals surface area contributed by atoms with Gasteiger partial charge in [-0.2, -0.15) is 4.80 Å². The molecule has 0 saturated heterocycles. The summed E-state index contributed by atoms with van der Waals surface area (Å²) < 4.78 is 13.4. The SMILES string of the molecule is O=C(Cn1nnc(-c2cccc(F)c2)n1)NC(c1ccccc1)c1cccs1. The average molecular weight is 393 g/mol. The van der Waals surface area contributed by atoms with Crippen LogP contribution in [0.5, 0.6) is 0 Å². The Morgan fingerprint density at radius 3 is 2.71 bits per heavy atom. The molecule has 140 valence electrons. The van der Waals surface area contributed by atoms with Crippen molar-refractivity contribution in [2.45, 2.75) is 12.6 Å². The van der Waals surface area contributed by atoms with Gasteiger partial charge in [-0.25, -0.2) is 4.39 Å². The highest BCUT2D eigenvalue weighted by atomic mass is 32.1. The van der Waals surface area contributed by atoms with Crippen molar-refractivity contribution in [2.24, 2.45) is 0 Å². The quantitative estimate of drug-likeness (QED) is 0.545. The van der Waals surface area contributed by atoms with E-state index in [1.165, 1.54) is 16.9 Å². The first-order valence-electron chi connectivity index (χ1n) is 8.60. The minimum Gasteiger partial charge on any atom is -0.343 e. The number of hydrogen-bond acceptors (Lipinski definition) is 5. The molecule has 0 radical (unpaired) electrons. The Morgan fingerprint density at radius 1 is 1.11 bits per heavy atom. The van der Waals surface area contributed by atoms with Crippen LogP contribution in [-0.2, 0) is 11.3 Å². The molecule has 4 aromatic rings. The molecule has 28 heavy (non-hydrogen) atoms. The van der Waals surface area contributed by atoms with Crippen LogP contribution in [0.3, 0.4) is 0 Å². The lowest BCUT2D eigenvalue weighted by atomic mass is 10.1. The third kappa shape index (κ3) is 4.12. The van der Waals surface area contributed by atoms with Gasteiger partial charge in [-0.3, -0.25) is 4.79 Å². The second-order valence-electron chi connectivity index (χ2n) is 6.08. The number of tetrazole rings is 1. The highest BCUT2D eigenvalue weighted by Crippen LogP contribution is 2.25. The number of amides is 1. The Balaban J connectivity index is 1.49. The van der Waals surface area contributed by atoms with Crippen LogP contribution in [0.25, 0.3) is 11.4 Å². The van der Waals surface area contributed by atoms with Crippen LogP contribution < -0.4 is 5.32 Å². The molecule has 1 unspecified atom stereocenters. The van der Waals surface area contributed by atoms with Crippen LogP contribution in [0.2, 0.25) is 0 Å². The minimum absolute atomic E-state index is 0.0863. The van der Waals surface area contributed by atoms with Gasteiger partial charge in [0.05, 0.1) is 6.04 Å². The molecular weight excluding hydrogens is 377 g/mol. The van der Waals surface area contributed by atoms with Crippen molar-refractivity contribution in [3.8, 4) is 11.4 Å². The zero-order valence-electron chi connectivity index (χ0n) is 14.7. The van der Waals surface area contributed by atoms with Gasteiger partial charge in [-0.05, 0) is 34.4 Å². The second kappa shape index (κ2) is 8.10. The number of carbonyl (C=O) groups excluding carboxylic acids is 1. The van der Waals surface area contributed by atoms with Crippen molar-refractivity contribution in [2.75, 3.05) is 0 Å². The zero-order valence-corrected chi connectivity index (χ0v) is 15.5. The van der Waals surface area contributed by atoms with Crippen LogP contribution in [-0.4, -0.2) is 26.1 Å². The number of carbonyl (C=O) groups is 1. The minimum atomic E-state index is -0.381. The molecule has 2 heterocycles. The van der Waals surface area contributed by atoms with Gasteiger partial charge in [0.25, 0.3) is 0 Å². The van der Waals surface area contributed by atoms with Gasteiger partial charge < -0.3 is 5.32 Å². The summed E-state index contributed by atoms with van der Waals surface area (Å²) in [5.74, 6) is -0.358. The maximum atomic E-state index is 13.4. The summed E-state index contributed by atoms with van der Waals surface area (Å²) in [5.41, 5.74) is 1.50. The molecule has 2 aromatic heterocycles. The fraction of sp³-hybridized carbons (Fsp3) is 0.100. The number of nitrogens with one attached hydrogen (secondary N) is 1. The number of rotatable bonds is 6. The van der Waals surface area contributed by atoms with E-state index in [-0.39, 0.29) is 30.1 Å². The zero-order chi connectivity index (χ0) is 19.3. The summed E-state index contributed by atoms with van der Waals surface area (Å²) in [4.78, 5) is 14.8. The van der Waals surface area contributed by atoms with Crippen LogP contribution in [0.1, 0.15) is 16.5 Å². The molecule has 8 heteroatoms. The Hall–Kier alpha value is -3.39. The lowest BCUT2D eigenvalue weighted by Crippen LogP contribution is -2.32. The largest absolute Gasteiger partial charge is 0.343 e. The first kappa shape index (κ1) is 18.0. The van der Waals surface area contributed by atoms with Crippen molar-refractivity contribution >= 4 is 17.2 Å². The Bertz CT molecular complexity index is 1070. The van der Waals surface area contributed by atoms with Crippen LogP contribution >= 0.6 is 11.3 Å². The molecule has 0 fully saturated rings. The van der Waals surface area contributed by atoms with E-state index in [1.54, 1.807) is 23.5 Å². The molecule has 6 nitrogen and oxygen atoms in total. The maximum Gasteiger partial charge on any atom is 0.244 e. The van der Waals surface area contributed by atoms with Gasteiger partial charge in [-0.1, -0.05) is 48.5 Å². The number of hydrogen-bond donors (Lipinski definition) is 1. The summed E-state index contributed by atoms with van der Waals surface area (Å²) in [6.07, 6.45) is 0. The number of benzene rings is 2. The van der Waals surface area contributed by atoms with Crippen LogP contribution in [0.4, 0.5) is 4.39 Å². The Kier molecular flexibility index (Phi) is 5.20. The van der Waals surface area contributed by atoms with E-state index in [0.717, 1.165) is 10.4 Å². The van der Waals surface area contributed by atoms with Gasteiger partial charge in [-0.15, -0.1) is 21.5 Å². The van der Waals surface area contributed by atoms with Crippen molar-refractivity contribution in [1.29, 1.82) is 0 Å². The maximum absolute atomic E-state index is 13.4.